The highest BCUT2D eigenvalue weighted by atomic mass is 32.1. The largest absolute Gasteiger partial charge is 0.461 e. The van der Waals surface area contributed by atoms with Gasteiger partial charge in [-0.15, -0.1) is 11.3 Å². The number of pyridine rings is 1. The number of fused-ring (bicyclic) bond motifs is 5. The molecule has 1 amide bonds. The Labute approximate surface area is 284 Å². The number of hydrogen-bond donors (Lipinski definition) is 0. The van der Waals surface area contributed by atoms with Gasteiger partial charge in [0.15, 0.2) is 5.82 Å². The number of benzene rings is 1. The molecule has 2 unspecified atom stereocenters. The third-order valence-corrected chi connectivity index (χ3v) is 11.8. The van der Waals surface area contributed by atoms with Crippen molar-refractivity contribution in [3.63, 3.8) is 0 Å². The van der Waals surface area contributed by atoms with Crippen LogP contribution >= 0.6 is 11.3 Å². The number of hydrogen-bond acceptors (Lipinski definition) is 10. The van der Waals surface area contributed by atoms with E-state index in [1.165, 1.54) is 0 Å². The number of aromatic nitrogens is 4. The molecule has 4 aromatic rings. The van der Waals surface area contributed by atoms with Crippen LogP contribution in [0.5, 0.6) is 6.01 Å². The fourth-order valence-corrected chi connectivity index (χ4v) is 9.47. The molecule has 2 atom stereocenters. The van der Waals surface area contributed by atoms with Crippen molar-refractivity contribution < 1.29 is 18.7 Å². The lowest BCUT2D eigenvalue weighted by Crippen LogP contribution is -2.57. The summed E-state index contributed by atoms with van der Waals surface area (Å²) in [6, 6.07) is 2.22. The van der Waals surface area contributed by atoms with Gasteiger partial charge in [0.1, 0.15) is 29.2 Å². The molecule has 0 aliphatic carbocycles. The molecule has 4 aliphatic heterocycles. The number of carbonyl (C=O) groups excluding carboxylic acids is 1. The maximum absolute atomic E-state index is 17.0. The Morgan fingerprint density at radius 3 is 2.44 bits per heavy atom. The molecule has 2 bridgehead atoms. The van der Waals surface area contributed by atoms with E-state index in [4.69, 9.17) is 29.4 Å². The summed E-state index contributed by atoms with van der Waals surface area (Å²) in [6.07, 6.45) is 7.65. The lowest BCUT2D eigenvalue weighted by molar-refractivity contribution is 0.0122. The van der Waals surface area contributed by atoms with Gasteiger partial charge in [-0.1, -0.05) is 0 Å². The fraction of sp³-hybridized carbons (Fsp3) is 0.583. The van der Waals surface area contributed by atoms with Crippen LogP contribution in [0, 0.1) is 26.6 Å². The molecular weight excluding hydrogens is 630 g/mol. The van der Waals surface area contributed by atoms with E-state index in [0.717, 1.165) is 78.0 Å². The minimum Gasteiger partial charge on any atom is -0.461 e. The number of piperazine rings is 1. The number of rotatable bonds is 5. The van der Waals surface area contributed by atoms with Gasteiger partial charge in [-0.3, -0.25) is 14.8 Å². The third kappa shape index (κ3) is 5.26. The summed E-state index contributed by atoms with van der Waals surface area (Å²) in [6.45, 7) is 15.4. The van der Waals surface area contributed by atoms with Crippen LogP contribution in [0.1, 0.15) is 75.4 Å². The Hall–Kier alpha value is -3.64. The number of anilines is 1. The molecule has 1 aromatic carbocycles. The fourth-order valence-electron chi connectivity index (χ4n) is 8.54. The lowest BCUT2D eigenvalue weighted by atomic mass is 9.95. The zero-order valence-electron chi connectivity index (χ0n) is 28.7. The van der Waals surface area contributed by atoms with E-state index in [9.17, 15) is 4.79 Å². The van der Waals surface area contributed by atoms with Gasteiger partial charge < -0.3 is 14.4 Å². The highest BCUT2D eigenvalue weighted by Crippen LogP contribution is 2.42. The molecule has 12 heteroatoms. The number of thiazole rings is 1. The Morgan fingerprint density at radius 2 is 1.75 bits per heavy atom. The van der Waals surface area contributed by atoms with Crippen molar-refractivity contribution in [2.75, 3.05) is 37.7 Å². The third-order valence-electron chi connectivity index (χ3n) is 10.9. The van der Waals surface area contributed by atoms with Crippen LogP contribution < -0.4 is 9.64 Å². The van der Waals surface area contributed by atoms with Crippen molar-refractivity contribution in [1.82, 2.24) is 29.7 Å². The molecule has 4 saturated heterocycles. The smallest absolute Gasteiger partial charge is 0.410 e. The van der Waals surface area contributed by atoms with Gasteiger partial charge in [0.05, 0.1) is 38.2 Å². The Morgan fingerprint density at radius 1 is 1.04 bits per heavy atom. The second kappa shape index (κ2) is 11.5. The molecule has 0 spiro atoms. The predicted octanol–water partition coefficient (Wildman–Crippen LogP) is 6.96. The summed E-state index contributed by atoms with van der Waals surface area (Å²) in [4.78, 5) is 39.1. The molecule has 4 fully saturated rings. The van der Waals surface area contributed by atoms with Crippen LogP contribution in [0.3, 0.4) is 0 Å². The van der Waals surface area contributed by atoms with E-state index in [-0.39, 0.29) is 40.9 Å². The first-order valence-electron chi connectivity index (χ1n) is 17.3. The molecule has 8 rings (SSSR count). The summed E-state index contributed by atoms with van der Waals surface area (Å²) in [5, 5.41) is 1.45. The monoisotopic (exact) mass is 673 g/mol. The van der Waals surface area contributed by atoms with Crippen molar-refractivity contribution in [2.45, 2.75) is 103 Å². The Balaban J connectivity index is 1.21. The molecule has 48 heavy (non-hydrogen) atoms. The van der Waals surface area contributed by atoms with Crippen molar-refractivity contribution in [1.29, 1.82) is 0 Å². The van der Waals surface area contributed by atoms with Gasteiger partial charge in [0.2, 0.25) is 0 Å². The van der Waals surface area contributed by atoms with Gasteiger partial charge >= 0.3 is 12.1 Å². The SMILES string of the molecule is Cc1nc2c(-c3ncc4c(N5CC6CCC(C5)N6C(=O)OC(C)(C)C)nc(OCC56CCCN5CCC6)nc4c3F)c(C)c(C)cc2s1. The first-order valence-corrected chi connectivity index (χ1v) is 18.1. The number of nitrogens with zero attached hydrogens (tertiary/aromatic N) is 7. The number of aryl methyl sites for hydroxylation is 2. The van der Waals surface area contributed by atoms with E-state index >= 15 is 4.39 Å². The average Bonchev–Trinajstić information content (AvgIpc) is 3.77. The molecule has 10 nitrogen and oxygen atoms in total. The van der Waals surface area contributed by atoms with E-state index in [0.29, 0.717) is 36.5 Å². The van der Waals surface area contributed by atoms with Gasteiger partial charge in [-0.2, -0.15) is 9.97 Å². The predicted molar refractivity (Wildman–Crippen MR) is 185 cm³/mol. The van der Waals surface area contributed by atoms with Gasteiger partial charge in [-0.25, -0.2) is 14.2 Å². The minimum atomic E-state index is -0.574. The van der Waals surface area contributed by atoms with Crippen LogP contribution in [-0.4, -0.2) is 91.8 Å². The first-order chi connectivity index (χ1) is 22.9. The van der Waals surface area contributed by atoms with Gasteiger partial charge in [0, 0.05) is 24.8 Å². The van der Waals surface area contributed by atoms with E-state index in [1.54, 1.807) is 17.5 Å². The zero-order chi connectivity index (χ0) is 33.5. The van der Waals surface area contributed by atoms with Crippen LogP contribution in [0.25, 0.3) is 32.4 Å². The first kappa shape index (κ1) is 31.6. The second-order valence-electron chi connectivity index (χ2n) is 15.2. The molecule has 0 N–H and O–H groups in total. The minimum absolute atomic E-state index is 0.00859. The summed E-state index contributed by atoms with van der Waals surface area (Å²) >= 11 is 1.60. The van der Waals surface area contributed by atoms with Crippen LogP contribution in [-0.2, 0) is 4.74 Å². The summed E-state index contributed by atoms with van der Waals surface area (Å²) < 4.78 is 30.3. The summed E-state index contributed by atoms with van der Waals surface area (Å²) in [7, 11) is 0. The quantitative estimate of drug-likeness (QED) is 0.223. The Kier molecular flexibility index (Phi) is 7.56. The normalized spacial score (nSPS) is 22.2. The molecule has 254 valence electrons. The van der Waals surface area contributed by atoms with Gasteiger partial charge in [0.25, 0.3) is 0 Å². The number of carbonyl (C=O) groups is 1. The number of halogens is 1. The second-order valence-corrected chi connectivity index (χ2v) is 16.4. The van der Waals surface area contributed by atoms with E-state index < -0.39 is 11.4 Å². The standard InChI is InChI=1S/C36H44FN7O3S/c1-20-15-26-30(39-22(3)48-26)27(21(20)2)31-28(37)29-25(16-38-31)32(41-33(40-29)46-19-36-11-7-13-43(36)14-8-12-36)42-17-23-9-10-24(18-42)44(23)34(45)47-35(4,5)6/h15-16,23-24H,7-14,17-19H2,1-6H3. The van der Waals surface area contributed by atoms with Crippen LogP contribution in [0.4, 0.5) is 15.0 Å². The zero-order valence-corrected chi connectivity index (χ0v) is 29.5. The van der Waals surface area contributed by atoms with E-state index in [2.05, 4.69) is 15.9 Å². The molecule has 0 radical (unpaired) electrons. The maximum atomic E-state index is 17.0. The lowest BCUT2D eigenvalue weighted by Gasteiger charge is -2.42. The van der Waals surface area contributed by atoms with Crippen LogP contribution in [0.2, 0.25) is 0 Å². The summed E-state index contributed by atoms with van der Waals surface area (Å²) in [5.74, 6) is 0.0926. The van der Waals surface area contributed by atoms with Crippen molar-refractivity contribution >= 4 is 44.4 Å². The van der Waals surface area contributed by atoms with Crippen molar-refractivity contribution in [2.24, 2.45) is 0 Å². The van der Waals surface area contributed by atoms with Crippen LogP contribution in [0.15, 0.2) is 12.3 Å². The summed E-state index contributed by atoms with van der Waals surface area (Å²) in [5.41, 5.74) is 3.31. The molecule has 3 aromatic heterocycles. The topological polar surface area (TPSA) is 96.8 Å². The number of amides is 1. The number of ether oxygens (including phenoxy) is 2. The van der Waals surface area contributed by atoms with Gasteiger partial charge in [-0.05, 0) is 110 Å². The highest BCUT2D eigenvalue weighted by molar-refractivity contribution is 7.18. The maximum Gasteiger partial charge on any atom is 0.410 e. The molecule has 4 aliphatic rings. The van der Waals surface area contributed by atoms with Crippen molar-refractivity contribution in [3.05, 3.63) is 34.2 Å². The molecule has 0 saturated carbocycles. The highest BCUT2D eigenvalue weighted by Gasteiger charge is 2.46. The average molecular weight is 674 g/mol. The van der Waals surface area contributed by atoms with E-state index in [1.807, 2.05) is 46.4 Å². The molecule has 7 heterocycles. The Bertz CT molecular complexity index is 1920. The van der Waals surface area contributed by atoms with Crippen molar-refractivity contribution in [3.8, 4) is 17.3 Å². The molecular formula is C36H44FN7O3S.